The summed E-state index contributed by atoms with van der Waals surface area (Å²) < 4.78 is 1.07. The van der Waals surface area contributed by atoms with Gasteiger partial charge in [0.1, 0.15) is 0 Å². The molecule has 0 heterocycles. The topological polar surface area (TPSA) is 0 Å². The third-order valence-corrected chi connectivity index (χ3v) is 2.01. The highest BCUT2D eigenvalue weighted by Gasteiger charge is 1.86. The first-order chi connectivity index (χ1) is 5.83. The van der Waals surface area contributed by atoms with Crippen LogP contribution in [0.25, 0.3) is 0 Å². The Balaban J connectivity index is 2.71. The molecular formula is C10H9BrS. The Kier molecular flexibility index (Phi) is 4.27. The van der Waals surface area contributed by atoms with Crippen molar-refractivity contribution in [3.05, 3.63) is 34.3 Å². The Morgan fingerprint density at radius 2 is 2.25 bits per heavy atom. The van der Waals surface area contributed by atoms with Gasteiger partial charge in [-0.3, -0.25) is 0 Å². The summed E-state index contributed by atoms with van der Waals surface area (Å²) in [7, 11) is 0. The summed E-state index contributed by atoms with van der Waals surface area (Å²) in [5, 5.41) is 0. The molecule has 12 heavy (non-hydrogen) atoms. The highest BCUT2D eigenvalue weighted by atomic mass is 79.9. The standard InChI is InChI=1S/C10H9BrS/c11-10-6-3-5-9(8-10)4-1-2-7-12/h3,5-6,8,12H,2,7H2. The summed E-state index contributed by atoms with van der Waals surface area (Å²) in [4.78, 5) is 0. The maximum atomic E-state index is 4.08. The molecular weight excluding hydrogens is 232 g/mol. The van der Waals surface area contributed by atoms with E-state index in [9.17, 15) is 0 Å². The van der Waals surface area contributed by atoms with E-state index in [0.717, 1.165) is 22.2 Å². The SMILES string of the molecule is SCCC#Cc1cccc(Br)c1. The molecule has 0 bridgehead atoms. The van der Waals surface area contributed by atoms with Gasteiger partial charge in [0.15, 0.2) is 0 Å². The molecule has 0 radical (unpaired) electrons. The predicted octanol–water partition coefficient (Wildman–Crippen LogP) is 3.12. The second-order valence-corrected chi connectivity index (χ2v) is 3.65. The zero-order valence-electron chi connectivity index (χ0n) is 6.55. The van der Waals surface area contributed by atoms with Crippen LogP contribution in [-0.2, 0) is 0 Å². The molecule has 0 unspecified atom stereocenters. The largest absolute Gasteiger partial charge is 0.178 e. The van der Waals surface area contributed by atoms with Gasteiger partial charge in [0, 0.05) is 22.2 Å². The number of thiol groups is 1. The molecule has 0 aliphatic rings. The quantitative estimate of drug-likeness (QED) is 0.566. The van der Waals surface area contributed by atoms with E-state index in [1.54, 1.807) is 0 Å². The van der Waals surface area contributed by atoms with E-state index in [-0.39, 0.29) is 0 Å². The van der Waals surface area contributed by atoms with E-state index in [0.29, 0.717) is 0 Å². The molecule has 1 aromatic carbocycles. The molecule has 1 rings (SSSR count). The Morgan fingerprint density at radius 1 is 1.42 bits per heavy atom. The van der Waals surface area contributed by atoms with E-state index in [2.05, 4.69) is 40.4 Å². The molecule has 0 saturated heterocycles. The third kappa shape index (κ3) is 3.34. The van der Waals surface area contributed by atoms with Crippen molar-refractivity contribution in [3.8, 4) is 11.8 Å². The lowest BCUT2D eigenvalue weighted by atomic mass is 10.2. The van der Waals surface area contributed by atoms with Gasteiger partial charge in [-0.2, -0.15) is 12.6 Å². The molecule has 0 saturated carbocycles. The van der Waals surface area contributed by atoms with Gasteiger partial charge in [-0.25, -0.2) is 0 Å². The van der Waals surface area contributed by atoms with Crippen LogP contribution in [-0.4, -0.2) is 5.75 Å². The van der Waals surface area contributed by atoms with Crippen LogP contribution >= 0.6 is 28.6 Å². The zero-order chi connectivity index (χ0) is 8.81. The van der Waals surface area contributed by atoms with Gasteiger partial charge < -0.3 is 0 Å². The lowest BCUT2D eigenvalue weighted by Gasteiger charge is -1.90. The summed E-state index contributed by atoms with van der Waals surface area (Å²) in [6.45, 7) is 0. The minimum atomic E-state index is 0.820. The number of rotatable bonds is 1. The highest BCUT2D eigenvalue weighted by Crippen LogP contribution is 2.10. The Hall–Kier alpha value is -0.390. The van der Waals surface area contributed by atoms with Crippen molar-refractivity contribution in [3.63, 3.8) is 0 Å². The minimum Gasteiger partial charge on any atom is -0.178 e. The molecule has 0 N–H and O–H groups in total. The van der Waals surface area contributed by atoms with Crippen LogP contribution in [0.1, 0.15) is 12.0 Å². The average Bonchev–Trinajstić information content (AvgIpc) is 2.05. The van der Waals surface area contributed by atoms with E-state index in [4.69, 9.17) is 0 Å². The van der Waals surface area contributed by atoms with Crippen molar-refractivity contribution < 1.29 is 0 Å². The van der Waals surface area contributed by atoms with E-state index >= 15 is 0 Å². The number of benzene rings is 1. The first-order valence-electron chi connectivity index (χ1n) is 3.68. The van der Waals surface area contributed by atoms with Gasteiger partial charge in [-0.05, 0) is 18.2 Å². The lowest BCUT2D eigenvalue weighted by Crippen LogP contribution is -1.74. The van der Waals surface area contributed by atoms with Crippen molar-refractivity contribution in [2.75, 3.05) is 5.75 Å². The third-order valence-electron chi connectivity index (χ3n) is 1.29. The van der Waals surface area contributed by atoms with Crippen LogP contribution in [0.4, 0.5) is 0 Å². The number of halogens is 1. The lowest BCUT2D eigenvalue weighted by molar-refractivity contribution is 1.31. The fourth-order valence-corrected chi connectivity index (χ4v) is 1.30. The van der Waals surface area contributed by atoms with Crippen molar-refractivity contribution >= 4 is 28.6 Å². The Morgan fingerprint density at radius 3 is 2.92 bits per heavy atom. The number of hydrogen-bond acceptors (Lipinski definition) is 1. The molecule has 0 spiro atoms. The summed E-state index contributed by atoms with van der Waals surface area (Å²) >= 11 is 7.46. The van der Waals surface area contributed by atoms with E-state index in [1.165, 1.54) is 0 Å². The van der Waals surface area contributed by atoms with Crippen molar-refractivity contribution in [1.29, 1.82) is 0 Å². The molecule has 0 aliphatic carbocycles. The second kappa shape index (κ2) is 5.29. The monoisotopic (exact) mass is 240 g/mol. The summed E-state index contributed by atoms with van der Waals surface area (Å²) in [5.74, 6) is 6.91. The molecule has 0 fully saturated rings. The Labute approximate surface area is 86.9 Å². The summed E-state index contributed by atoms with van der Waals surface area (Å²) in [6.07, 6.45) is 0.843. The normalized spacial score (nSPS) is 8.83. The summed E-state index contributed by atoms with van der Waals surface area (Å²) in [5.41, 5.74) is 1.05. The van der Waals surface area contributed by atoms with Crippen LogP contribution in [0.3, 0.4) is 0 Å². The van der Waals surface area contributed by atoms with Crippen LogP contribution < -0.4 is 0 Å². The van der Waals surface area contributed by atoms with Crippen LogP contribution in [0, 0.1) is 11.8 Å². The maximum absolute atomic E-state index is 4.08. The smallest absolute Gasteiger partial charge is 0.0256 e. The number of hydrogen-bond donors (Lipinski definition) is 1. The average molecular weight is 241 g/mol. The minimum absolute atomic E-state index is 0.820. The van der Waals surface area contributed by atoms with Gasteiger partial charge in [0.05, 0.1) is 0 Å². The second-order valence-electron chi connectivity index (χ2n) is 2.29. The molecule has 0 nitrogen and oxygen atoms in total. The molecule has 62 valence electrons. The molecule has 0 aliphatic heterocycles. The van der Waals surface area contributed by atoms with E-state index < -0.39 is 0 Å². The molecule has 0 atom stereocenters. The molecule has 1 aromatic rings. The van der Waals surface area contributed by atoms with Gasteiger partial charge in [0.2, 0.25) is 0 Å². The maximum Gasteiger partial charge on any atom is 0.0256 e. The molecule has 0 amide bonds. The zero-order valence-corrected chi connectivity index (χ0v) is 9.03. The van der Waals surface area contributed by atoms with Crippen LogP contribution in [0.2, 0.25) is 0 Å². The van der Waals surface area contributed by atoms with Gasteiger partial charge in [-0.1, -0.05) is 33.8 Å². The highest BCUT2D eigenvalue weighted by molar-refractivity contribution is 9.10. The van der Waals surface area contributed by atoms with Crippen molar-refractivity contribution in [2.45, 2.75) is 6.42 Å². The van der Waals surface area contributed by atoms with E-state index in [1.807, 2.05) is 24.3 Å². The summed E-state index contributed by atoms with van der Waals surface area (Å²) in [6, 6.07) is 7.97. The van der Waals surface area contributed by atoms with Crippen LogP contribution in [0.5, 0.6) is 0 Å². The van der Waals surface area contributed by atoms with Crippen molar-refractivity contribution in [1.82, 2.24) is 0 Å². The van der Waals surface area contributed by atoms with Gasteiger partial charge in [0.25, 0.3) is 0 Å². The molecule has 0 aromatic heterocycles. The van der Waals surface area contributed by atoms with Crippen molar-refractivity contribution in [2.24, 2.45) is 0 Å². The van der Waals surface area contributed by atoms with Gasteiger partial charge in [-0.15, -0.1) is 0 Å². The Bertz CT molecular complexity index is 309. The first-order valence-corrected chi connectivity index (χ1v) is 5.11. The van der Waals surface area contributed by atoms with Gasteiger partial charge >= 0.3 is 0 Å². The molecule has 2 heteroatoms. The first kappa shape index (κ1) is 9.70. The fraction of sp³-hybridized carbons (Fsp3) is 0.200. The van der Waals surface area contributed by atoms with Crippen LogP contribution in [0.15, 0.2) is 28.7 Å². The predicted molar refractivity (Wildman–Crippen MR) is 59.5 cm³/mol. The fourth-order valence-electron chi connectivity index (χ4n) is 0.787.